The van der Waals surface area contributed by atoms with Crippen molar-refractivity contribution in [2.75, 3.05) is 32.8 Å². The summed E-state index contributed by atoms with van der Waals surface area (Å²) >= 11 is 0. The Morgan fingerprint density at radius 3 is 2.50 bits per heavy atom. The van der Waals surface area contributed by atoms with Crippen LogP contribution in [0.2, 0.25) is 0 Å². The summed E-state index contributed by atoms with van der Waals surface area (Å²) in [5, 5.41) is 0. The molecule has 3 fully saturated rings. The van der Waals surface area contributed by atoms with E-state index in [0.717, 1.165) is 51.8 Å². The van der Waals surface area contributed by atoms with Crippen LogP contribution in [0.5, 0.6) is 0 Å². The molecule has 24 heavy (non-hydrogen) atoms. The lowest BCUT2D eigenvalue weighted by atomic mass is 10.1. The number of nitrogens with zero attached hydrogens (tertiary/aromatic N) is 1. The van der Waals surface area contributed by atoms with Crippen molar-refractivity contribution in [2.45, 2.75) is 69.4 Å². The van der Waals surface area contributed by atoms with Crippen molar-refractivity contribution in [3.8, 4) is 0 Å². The van der Waals surface area contributed by atoms with Gasteiger partial charge in [-0.05, 0) is 44.9 Å². The van der Waals surface area contributed by atoms with Crippen molar-refractivity contribution in [2.24, 2.45) is 5.73 Å². The summed E-state index contributed by atoms with van der Waals surface area (Å²) in [4.78, 5) is 14.4. The van der Waals surface area contributed by atoms with E-state index in [1.54, 1.807) is 0 Å². The average Bonchev–Trinajstić information content (AvgIpc) is 3.10. The number of halogens is 1. The Labute approximate surface area is 150 Å². The Bertz CT molecular complexity index is 385. The molecule has 0 spiro atoms. The maximum Gasteiger partial charge on any atom is 0.251 e. The third-order valence-corrected chi connectivity index (χ3v) is 5.19. The van der Waals surface area contributed by atoms with Crippen molar-refractivity contribution < 1.29 is 19.0 Å². The lowest BCUT2D eigenvalue weighted by molar-refractivity contribution is -0.146. The standard InChI is InChI=1S/C17H30N2O4.ClH/c18-11-14-4-5-16(23-14)17(20)19-8-6-13(7-9-19)22-12-15-3-1-2-10-21-15;/h13-16H,1-12,18H2;1H/t14-,15?,16+;/m1./s1. The summed E-state index contributed by atoms with van der Waals surface area (Å²) in [6.45, 7) is 3.60. The highest BCUT2D eigenvalue weighted by molar-refractivity contribution is 5.85. The van der Waals surface area contributed by atoms with Crippen LogP contribution in [0.3, 0.4) is 0 Å². The molecule has 0 radical (unpaired) electrons. The lowest BCUT2D eigenvalue weighted by Gasteiger charge is -2.34. The Morgan fingerprint density at radius 2 is 1.88 bits per heavy atom. The first-order chi connectivity index (χ1) is 11.3. The maximum absolute atomic E-state index is 12.5. The third kappa shape index (κ3) is 5.30. The number of carbonyl (C=O) groups is 1. The van der Waals surface area contributed by atoms with Crippen LogP contribution in [0.15, 0.2) is 0 Å². The molecule has 3 rings (SSSR count). The predicted octanol–water partition coefficient (Wildman–Crippen LogP) is 1.49. The van der Waals surface area contributed by atoms with Gasteiger partial charge < -0.3 is 24.8 Å². The molecular formula is C17H31ClN2O4. The molecule has 3 aliphatic rings. The highest BCUT2D eigenvalue weighted by Gasteiger charge is 2.34. The van der Waals surface area contributed by atoms with E-state index in [2.05, 4.69) is 0 Å². The van der Waals surface area contributed by atoms with Crippen molar-refractivity contribution in [3.05, 3.63) is 0 Å². The van der Waals surface area contributed by atoms with Gasteiger partial charge in [-0.3, -0.25) is 4.79 Å². The first kappa shape index (κ1) is 19.9. The lowest BCUT2D eigenvalue weighted by Crippen LogP contribution is -2.46. The van der Waals surface area contributed by atoms with Crippen molar-refractivity contribution in [1.29, 1.82) is 0 Å². The van der Waals surface area contributed by atoms with Gasteiger partial charge in [-0.2, -0.15) is 0 Å². The fourth-order valence-corrected chi connectivity index (χ4v) is 3.69. The van der Waals surface area contributed by atoms with E-state index >= 15 is 0 Å². The minimum Gasteiger partial charge on any atom is -0.376 e. The molecule has 0 saturated carbocycles. The highest BCUT2D eigenvalue weighted by atomic mass is 35.5. The second-order valence-corrected chi connectivity index (χ2v) is 6.91. The molecule has 3 heterocycles. The van der Waals surface area contributed by atoms with Gasteiger partial charge in [-0.1, -0.05) is 0 Å². The van der Waals surface area contributed by atoms with Gasteiger partial charge >= 0.3 is 0 Å². The van der Waals surface area contributed by atoms with Crippen molar-refractivity contribution in [3.63, 3.8) is 0 Å². The molecule has 6 nitrogen and oxygen atoms in total. The molecule has 1 amide bonds. The third-order valence-electron chi connectivity index (χ3n) is 5.19. The second-order valence-electron chi connectivity index (χ2n) is 6.91. The molecular weight excluding hydrogens is 332 g/mol. The first-order valence-electron chi connectivity index (χ1n) is 9.14. The minimum absolute atomic E-state index is 0. The molecule has 3 atom stereocenters. The number of rotatable bonds is 5. The fourth-order valence-electron chi connectivity index (χ4n) is 3.69. The van der Waals surface area contributed by atoms with Crippen LogP contribution in [0.25, 0.3) is 0 Å². The predicted molar refractivity (Wildman–Crippen MR) is 93.3 cm³/mol. The minimum atomic E-state index is -0.281. The number of hydrogen-bond donors (Lipinski definition) is 1. The number of hydrogen-bond acceptors (Lipinski definition) is 5. The molecule has 3 aliphatic heterocycles. The Morgan fingerprint density at radius 1 is 1.08 bits per heavy atom. The molecule has 3 saturated heterocycles. The zero-order valence-electron chi connectivity index (χ0n) is 14.4. The van der Waals surface area contributed by atoms with Gasteiger partial charge in [0.25, 0.3) is 5.91 Å². The van der Waals surface area contributed by atoms with E-state index in [1.807, 2.05) is 4.90 Å². The zero-order chi connectivity index (χ0) is 16.1. The molecule has 0 aromatic carbocycles. The molecule has 0 aromatic heterocycles. The largest absolute Gasteiger partial charge is 0.376 e. The van der Waals surface area contributed by atoms with Crippen molar-refractivity contribution in [1.82, 2.24) is 4.90 Å². The maximum atomic E-state index is 12.5. The highest BCUT2D eigenvalue weighted by Crippen LogP contribution is 2.23. The summed E-state index contributed by atoms with van der Waals surface area (Å²) in [6, 6.07) is 0. The summed E-state index contributed by atoms with van der Waals surface area (Å²) in [5.74, 6) is 0.134. The monoisotopic (exact) mass is 362 g/mol. The molecule has 0 bridgehead atoms. The molecule has 2 N–H and O–H groups in total. The number of carbonyl (C=O) groups excluding carboxylic acids is 1. The zero-order valence-corrected chi connectivity index (χ0v) is 15.2. The van der Waals surface area contributed by atoms with Crippen LogP contribution in [-0.4, -0.2) is 68.1 Å². The number of nitrogens with two attached hydrogens (primary N) is 1. The van der Waals surface area contributed by atoms with Crippen LogP contribution in [0, 0.1) is 0 Å². The molecule has 1 unspecified atom stereocenters. The van der Waals surface area contributed by atoms with E-state index in [-0.39, 0.29) is 42.7 Å². The molecule has 0 aliphatic carbocycles. The Hall–Kier alpha value is -0.400. The SMILES string of the molecule is Cl.NC[C@H]1CC[C@@H](C(=O)N2CCC(OCC3CCCCO3)CC2)O1. The van der Waals surface area contributed by atoms with Crippen LogP contribution < -0.4 is 5.73 Å². The molecule has 0 aromatic rings. The molecule has 140 valence electrons. The van der Waals surface area contributed by atoms with E-state index in [0.29, 0.717) is 13.2 Å². The van der Waals surface area contributed by atoms with Gasteiger partial charge in [0.2, 0.25) is 0 Å². The number of piperidine rings is 1. The summed E-state index contributed by atoms with van der Waals surface area (Å²) in [5.41, 5.74) is 5.61. The van der Waals surface area contributed by atoms with Gasteiger partial charge in [-0.15, -0.1) is 12.4 Å². The van der Waals surface area contributed by atoms with E-state index in [9.17, 15) is 4.79 Å². The van der Waals surface area contributed by atoms with E-state index in [4.69, 9.17) is 19.9 Å². The number of ether oxygens (including phenoxy) is 3. The van der Waals surface area contributed by atoms with Crippen LogP contribution in [-0.2, 0) is 19.0 Å². The summed E-state index contributed by atoms with van der Waals surface area (Å²) in [7, 11) is 0. The normalized spacial score (nSPS) is 31.7. The second kappa shape index (κ2) is 9.92. The van der Waals surface area contributed by atoms with Gasteiger partial charge in [-0.25, -0.2) is 0 Å². The number of likely N-dealkylation sites (tertiary alicyclic amines) is 1. The van der Waals surface area contributed by atoms with Crippen LogP contribution in [0.1, 0.15) is 44.9 Å². The average molecular weight is 363 g/mol. The Balaban J connectivity index is 0.00000208. The Kier molecular flexibility index (Phi) is 8.23. The summed E-state index contributed by atoms with van der Waals surface area (Å²) < 4.78 is 17.4. The van der Waals surface area contributed by atoms with Crippen molar-refractivity contribution >= 4 is 18.3 Å². The van der Waals surface area contributed by atoms with E-state index < -0.39 is 0 Å². The van der Waals surface area contributed by atoms with Crippen LogP contribution in [0.4, 0.5) is 0 Å². The van der Waals surface area contributed by atoms with Gasteiger partial charge in [0.05, 0.1) is 24.9 Å². The first-order valence-corrected chi connectivity index (χ1v) is 9.14. The van der Waals surface area contributed by atoms with Gasteiger partial charge in [0.1, 0.15) is 6.10 Å². The van der Waals surface area contributed by atoms with Gasteiger partial charge in [0.15, 0.2) is 0 Å². The topological polar surface area (TPSA) is 74.0 Å². The molecule has 7 heteroatoms. The van der Waals surface area contributed by atoms with Crippen LogP contribution >= 0.6 is 12.4 Å². The fraction of sp³-hybridized carbons (Fsp3) is 0.941. The van der Waals surface area contributed by atoms with Gasteiger partial charge in [0, 0.05) is 26.2 Å². The smallest absolute Gasteiger partial charge is 0.251 e. The number of amides is 1. The van der Waals surface area contributed by atoms with E-state index in [1.165, 1.54) is 12.8 Å². The quantitative estimate of drug-likeness (QED) is 0.802. The summed E-state index contributed by atoms with van der Waals surface area (Å²) in [6.07, 6.45) is 7.34.